The summed E-state index contributed by atoms with van der Waals surface area (Å²) in [5, 5.41) is 3.50. The van der Waals surface area contributed by atoms with Crippen LogP contribution in [-0.2, 0) is 17.5 Å². The Balaban J connectivity index is 1.85. The van der Waals surface area contributed by atoms with Crippen LogP contribution in [0.5, 0.6) is 0 Å². The van der Waals surface area contributed by atoms with Crippen molar-refractivity contribution in [1.29, 1.82) is 0 Å². The maximum Gasteiger partial charge on any atom is 0.435 e. The van der Waals surface area contributed by atoms with E-state index in [4.69, 9.17) is 4.74 Å². The average Bonchev–Trinajstić information content (AvgIpc) is 3.10. The molecule has 2 aliphatic rings. The van der Waals surface area contributed by atoms with Crippen LogP contribution in [0.1, 0.15) is 23.0 Å². The van der Waals surface area contributed by atoms with E-state index in [0.29, 0.717) is 19.7 Å². The molecule has 128 valence electrons. The number of carbonyl (C=O) groups is 1. The molecule has 2 fully saturated rings. The number of amides is 1. The minimum absolute atomic E-state index is 0.0308. The molecule has 2 atom stereocenters. The monoisotopic (exact) mass is 332 g/mol. The largest absolute Gasteiger partial charge is 0.435 e. The number of aryl methyl sites for hydroxylation is 1. The molecule has 23 heavy (non-hydrogen) atoms. The van der Waals surface area contributed by atoms with E-state index >= 15 is 0 Å². The standard InChI is InChI=1S/C14H19F3N4O2/c1-3-21-6-9(12(18-21)14(15,16)17)13(22)20-7-10-11(8-20)23-5-4-19(10)2/h6,10-11H,3-5,7-8H2,1-2H3/t10-,11+/m0/s1. The quantitative estimate of drug-likeness (QED) is 0.813. The number of morpholine rings is 1. The maximum absolute atomic E-state index is 13.1. The first-order valence-electron chi connectivity index (χ1n) is 7.57. The normalized spacial score (nSPS) is 25.7. The van der Waals surface area contributed by atoms with E-state index in [1.54, 1.807) is 6.92 Å². The Hall–Kier alpha value is -1.61. The van der Waals surface area contributed by atoms with E-state index in [1.165, 1.54) is 11.1 Å². The SMILES string of the molecule is CCn1cc(C(=O)N2C[C@H]3OCCN(C)[C@H]3C2)c(C(F)(F)F)n1. The van der Waals surface area contributed by atoms with Crippen LogP contribution in [0, 0.1) is 0 Å². The Morgan fingerprint density at radius 2 is 2.17 bits per heavy atom. The highest BCUT2D eigenvalue weighted by atomic mass is 19.4. The fourth-order valence-corrected chi connectivity index (χ4v) is 3.14. The molecule has 0 unspecified atom stereocenters. The zero-order valence-corrected chi connectivity index (χ0v) is 13.0. The number of nitrogens with zero attached hydrogens (tertiary/aromatic N) is 4. The fourth-order valence-electron chi connectivity index (χ4n) is 3.14. The van der Waals surface area contributed by atoms with Gasteiger partial charge < -0.3 is 9.64 Å². The highest BCUT2D eigenvalue weighted by Gasteiger charge is 2.44. The van der Waals surface area contributed by atoms with Crippen LogP contribution < -0.4 is 0 Å². The number of aromatic nitrogens is 2. The second-order valence-corrected chi connectivity index (χ2v) is 5.91. The van der Waals surface area contributed by atoms with Crippen LogP contribution >= 0.6 is 0 Å². The smallest absolute Gasteiger partial charge is 0.373 e. The predicted octanol–water partition coefficient (Wildman–Crippen LogP) is 1.08. The Bertz CT molecular complexity index is 601. The summed E-state index contributed by atoms with van der Waals surface area (Å²) in [6, 6.07) is 0.0308. The molecule has 1 aromatic heterocycles. The van der Waals surface area contributed by atoms with Gasteiger partial charge in [-0.15, -0.1) is 0 Å². The Morgan fingerprint density at radius 1 is 1.43 bits per heavy atom. The minimum Gasteiger partial charge on any atom is -0.373 e. The van der Waals surface area contributed by atoms with Gasteiger partial charge in [0.15, 0.2) is 5.69 Å². The molecule has 9 heteroatoms. The number of ether oxygens (including phenoxy) is 1. The molecule has 6 nitrogen and oxygen atoms in total. The van der Waals surface area contributed by atoms with Gasteiger partial charge in [-0.3, -0.25) is 14.4 Å². The van der Waals surface area contributed by atoms with Gasteiger partial charge in [-0.25, -0.2) is 0 Å². The van der Waals surface area contributed by atoms with Gasteiger partial charge in [-0.05, 0) is 14.0 Å². The first-order chi connectivity index (χ1) is 10.8. The van der Waals surface area contributed by atoms with E-state index in [0.717, 1.165) is 11.2 Å². The summed E-state index contributed by atoms with van der Waals surface area (Å²) >= 11 is 0. The fraction of sp³-hybridized carbons (Fsp3) is 0.714. The van der Waals surface area contributed by atoms with Gasteiger partial charge in [0.2, 0.25) is 0 Å². The minimum atomic E-state index is -4.65. The Labute approximate surface area is 131 Å². The van der Waals surface area contributed by atoms with Crippen molar-refractivity contribution >= 4 is 5.91 Å². The summed E-state index contributed by atoms with van der Waals surface area (Å²) in [5.41, 5.74) is -1.51. The molecular weight excluding hydrogens is 313 g/mol. The number of likely N-dealkylation sites (N-methyl/N-ethyl adjacent to an activating group) is 1. The highest BCUT2D eigenvalue weighted by Crippen LogP contribution is 2.32. The summed E-state index contributed by atoms with van der Waals surface area (Å²) in [4.78, 5) is 16.1. The first-order valence-corrected chi connectivity index (χ1v) is 7.57. The van der Waals surface area contributed by atoms with Crippen LogP contribution in [0.15, 0.2) is 6.20 Å². The molecule has 0 N–H and O–H groups in total. The lowest BCUT2D eigenvalue weighted by Crippen LogP contribution is -2.48. The third-order valence-electron chi connectivity index (χ3n) is 4.45. The summed E-state index contributed by atoms with van der Waals surface area (Å²) in [5.74, 6) is -0.636. The molecule has 0 spiro atoms. The van der Waals surface area contributed by atoms with E-state index in [9.17, 15) is 18.0 Å². The Morgan fingerprint density at radius 3 is 2.78 bits per heavy atom. The van der Waals surface area contributed by atoms with Gasteiger partial charge in [0.1, 0.15) is 0 Å². The lowest BCUT2D eigenvalue weighted by molar-refractivity contribution is -0.141. The number of alkyl halides is 3. The number of fused-ring (bicyclic) bond motifs is 1. The molecular formula is C14H19F3N4O2. The summed E-state index contributed by atoms with van der Waals surface area (Å²) in [7, 11) is 1.93. The number of hydrogen-bond acceptors (Lipinski definition) is 4. The maximum atomic E-state index is 13.1. The van der Waals surface area contributed by atoms with Gasteiger partial charge in [0.05, 0.1) is 24.3 Å². The molecule has 0 radical (unpaired) electrons. The highest BCUT2D eigenvalue weighted by molar-refractivity contribution is 5.95. The van der Waals surface area contributed by atoms with Gasteiger partial charge in [0, 0.05) is 32.4 Å². The first kappa shape index (κ1) is 16.3. The molecule has 3 heterocycles. The molecule has 2 saturated heterocycles. The average molecular weight is 332 g/mol. The van der Waals surface area contributed by atoms with Crippen molar-refractivity contribution in [3.63, 3.8) is 0 Å². The zero-order valence-electron chi connectivity index (χ0n) is 13.0. The molecule has 1 amide bonds. The van der Waals surface area contributed by atoms with Gasteiger partial charge >= 0.3 is 6.18 Å². The van der Waals surface area contributed by atoms with Crippen molar-refractivity contribution in [3.8, 4) is 0 Å². The van der Waals surface area contributed by atoms with Crippen LogP contribution in [0.25, 0.3) is 0 Å². The predicted molar refractivity (Wildman–Crippen MR) is 75.0 cm³/mol. The number of carbonyl (C=O) groups excluding carboxylic acids is 1. The van der Waals surface area contributed by atoms with Gasteiger partial charge in [0.25, 0.3) is 5.91 Å². The van der Waals surface area contributed by atoms with Crippen LogP contribution in [0.4, 0.5) is 13.2 Å². The van der Waals surface area contributed by atoms with Crippen molar-refractivity contribution in [3.05, 3.63) is 17.5 Å². The van der Waals surface area contributed by atoms with E-state index in [-0.39, 0.29) is 24.3 Å². The molecule has 3 rings (SSSR count). The molecule has 0 bridgehead atoms. The lowest BCUT2D eigenvalue weighted by Gasteiger charge is -2.33. The second-order valence-electron chi connectivity index (χ2n) is 5.91. The van der Waals surface area contributed by atoms with Gasteiger partial charge in [-0.1, -0.05) is 0 Å². The zero-order chi connectivity index (χ0) is 16.8. The van der Waals surface area contributed by atoms with Crippen molar-refractivity contribution in [2.45, 2.75) is 31.8 Å². The number of rotatable bonds is 2. The molecule has 0 saturated carbocycles. The molecule has 2 aliphatic heterocycles. The second kappa shape index (κ2) is 5.79. The van der Waals surface area contributed by atoms with Crippen molar-refractivity contribution in [1.82, 2.24) is 19.6 Å². The van der Waals surface area contributed by atoms with Crippen molar-refractivity contribution in [2.24, 2.45) is 0 Å². The van der Waals surface area contributed by atoms with Gasteiger partial charge in [-0.2, -0.15) is 18.3 Å². The number of halogens is 3. The Kier molecular flexibility index (Phi) is 4.09. The van der Waals surface area contributed by atoms with E-state index < -0.39 is 17.8 Å². The topological polar surface area (TPSA) is 50.6 Å². The summed E-state index contributed by atoms with van der Waals surface area (Å²) < 4.78 is 46.1. The molecule has 0 aromatic carbocycles. The van der Waals surface area contributed by atoms with Crippen LogP contribution in [0.2, 0.25) is 0 Å². The molecule has 1 aromatic rings. The number of likely N-dealkylation sites (tertiary alicyclic amines) is 1. The number of hydrogen-bond donors (Lipinski definition) is 0. The summed E-state index contributed by atoms with van der Waals surface area (Å²) in [6.45, 7) is 3.95. The van der Waals surface area contributed by atoms with E-state index in [1.807, 2.05) is 7.05 Å². The summed E-state index contributed by atoms with van der Waals surface area (Å²) in [6.07, 6.45) is -3.61. The van der Waals surface area contributed by atoms with Crippen LogP contribution in [0.3, 0.4) is 0 Å². The lowest BCUT2D eigenvalue weighted by atomic mass is 10.1. The van der Waals surface area contributed by atoms with E-state index in [2.05, 4.69) is 10.00 Å². The molecule has 0 aliphatic carbocycles. The third kappa shape index (κ3) is 2.94. The van der Waals surface area contributed by atoms with Crippen molar-refractivity contribution in [2.75, 3.05) is 33.3 Å². The van der Waals surface area contributed by atoms with Crippen molar-refractivity contribution < 1.29 is 22.7 Å². The van der Waals surface area contributed by atoms with Crippen LogP contribution in [-0.4, -0.2) is 70.9 Å². The third-order valence-corrected chi connectivity index (χ3v) is 4.45.